The summed E-state index contributed by atoms with van der Waals surface area (Å²) in [6, 6.07) is 3.32. The Morgan fingerprint density at radius 1 is 1.26 bits per heavy atom. The van der Waals surface area contributed by atoms with Crippen LogP contribution in [-0.4, -0.2) is 46.2 Å². The SMILES string of the molecule is CCCCC(CN)NC(=O)C(C)NS(=O)(=O)c1ccc2c(c1)OCCCO2. The Morgan fingerprint density at radius 3 is 2.63 bits per heavy atom. The quantitative estimate of drug-likeness (QED) is 0.573. The van der Waals surface area contributed by atoms with Crippen molar-refractivity contribution >= 4 is 15.9 Å². The van der Waals surface area contributed by atoms with Crippen LogP contribution in [0.25, 0.3) is 0 Å². The van der Waals surface area contributed by atoms with E-state index in [2.05, 4.69) is 17.0 Å². The molecule has 27 heavy (non-hydrogen) atoms. The molecule has 0 bridgehead atoms. The molecule has 0 radical (unpaired) electrons. The Labute approximate surface area is 160 Å². The predicted octanol–water partition coefficient (Wildman–Crippen LogP) is 1.15. The first-order valence-electron chi connectivity index (χ1n) is 9.29. The van der Waals surface area contributed by atoms with E-state index in [1.165, 1.54) is 19.1 Å². The molecule has 0 fully saturated rings. The molecule has 0 spiro atoms. The summed E-state index contributed by atoms with van der Waals surface area (Å²) in [5.74, 6) is 0.494. The molecule has 1 aliphatic rings. The number of benzene rings is 1. The standard InChI is InChI=1S/C18H29N3O5S/c1-3-4-6-14(12-19)20-18(22)13(2)21-27(23,24)15-7-8-16-17(11-15)26-10-5-9-25-16/h7-8,11,13-14,21H,3-6,9-10,12,19H2,1-2H3,(H,20,22). The maximum atomic E-state index is 12.6. The zero-order valence-corrected chi connectivity index (χ0v) is 16.7. The highest BCUT2D eigenvalue weighted by Gasteiger charge is 2.25. The number of ether oxygens (including phenoxy) is 2. The minimum atomic E-state index is -3.89. The van der Waals surface area contributed by atoms with Gasteiger partial charge in [-0.15, -0.1) is 0 Å². The van der Waals surface area contributed by atoms with E-state index in [-0.39, 0.29) is 10.9 Å². The van der Waals surface area contributed by atoms with Crippen molar-refractivity contribution in [3.63, 3.8) is 0 Å². The highest BCUT2D eigenvalue weighted by Crippen LogP contribution is 2.31. The lowest BCUT2D eigenvalue weighted by Gasteiger charge is -2.20. The van der Waals surface area contributed by atoms with Gasteiger partial charge in [0.2, 0.25) is 15.9 Å². The number of fused-ring (bicyclic) bond motifs is 1. The van der Waals surface area contributed by atoms with Crippen LogP contribution >= 0.6 is 0 Å². The van der Waals surface area contributed by atoms with Gasteiger partial charge in [0.05, 0.1) is 24.2 Å². The van der Waals surface area contributed by atoms with E-state index in [0.29, 0.717) is 31.3 Å². The summed E-state index contributed by atoms with van der Waals surface area (Å²) in [5.41, 5.74) is 5.68. The van der Waals surface area contributed by atoms with Gasteiger partial charge in [0.25, 0.3) is 0 Å². The molecule has 152 valence electrons. The van der Waals surface area contributed by atoms with Gasteiger partial charge in [-0.2, -0.15) is 4.72 Å². The normalized spacial score (nSPS) is 16.3. The fourth-order valence-corrected chi connectivity index (χ4v) is 3.91. The van der Waals surface area contributed by atoms with E-state index in [4.69, 9.17) is 15.2 Å². The summed E-state index contributed by atoms with van der Waals surface area (Å²) < 4.78 is 38.7. The summed E-state index contributed by atoms with van der Waals surface area (Å²) in [7, 11) is -3.89. The number of amides is 1. The second-order valence-corrected chi connectivity index (χ2v) is 8.30. The van der Waals surface area contributed by atoms with E-state index in [1.54, 1.807) is 6.07 Å². The first-order valence-corrected chi connectivity index (χ1v) is 10.8. The van der Waals surface area contributed by atoms with E-state index in [1.807, 2.05) is 0 Å². The maximum absolute atomic E-state index is 12.6. The number of nitrogens with two attached hydrogens (primary N) is 1. The molecule has 1 heterocycles. The third-order valence-corrected chi connectivity index (χ3v) is 5.83. The van der Waals surface area contributed by atoms with Gasteiger partial charge in [0.15, 0.2) is 11.5 Å². The van der Waals surface area contributed by atoms with Crippen molar-refractivity contribution < 1.29 is 22.7 Å². The van der Waals surface area contributed by atoms with Gasteiger partial charge in [-0.05, 0) is 25.5 Å². The number of carbonyl (C=O) groups excluding carboxylic acids is 1. The van der Waals surface area contributed by atoms with Crippen molar-refractivity contribution in [2.75, 3.05) is 19.8 Å². The topological polar surface area (TPSA) is 120 Å². The smallest absolute Gasteiger partial charge is 0.241 e. The van der Waals surface area contributed by atoms with Crippen molar-refractivity contribution in [3.8, 4) is 11.5 Å². The summed E-state index contributed by atoms with van der Waals surface area (Å²) in [4.78, 5) is 12.3. The molecule has 0 aliphatic carbocycles. The fourth-order valence-electron chi connectivity index (χ4n) is 2.69. The first kappa shape index (κ1) is 21.5. The minimum absolute atomic E-state index is 0.0211. The van der Waals surface area contributed by atoms with Crippen LogP contribution in [0.1, 0.15) is 39.5 Å². The highest BCUT2D eigenvalue weighted by atomic mass is 32.2. The highest BCUT2D eigenvalue weighted by molar-refractivity contribution is 7.89. The zero-order valence-electron chi connectivity index (χ0n) is 15.9. The number of unbranched alkanes of at least 4 members (excludes halogenated alkanes) is 1. The molecule has 2 atom stereocenters. The molecule has 1 aromatic rings. The number of nitrogens with one attached hydrogen (secondary N) is 2. The van der Waals surface area contributed by atoms with Crippen LogP contribution in [0.5, 0.6) is 11.5 Å². The van der Waals surface area contributed by atoms with E-state index in [9.17, 15) is 13.2 Å². The van der Waals surface area contributed by atoms with E-state index in [0.717, 1.165) is 25.7 Å². The Morgan fingerprint density at radius 2 is 1.96 bits per heavy atom. The Kier molecular flexibility index (Phi) is 7.88. The molecule has 8 nitrogen and oxygen atoms in total. The Balaban J connectivity index is 2.04. The second-order valence-electron chi connectivity index (χ2n) is 6.59. The molecular weight excluding hydrogens is 370 g/mol. The van der Waals surface area contributed by atoms with Gasteiger partial charge in [0, 0.05) is 25.1 Å². The maximum Gasteiger partial charge on any atom is 0.241 e. The first-order chi connectivity index (χ1) is 12.9. The molecule has 1 aromatic carbocycles. The Bertz CT molecular complexity index is 739. The number of carbonyl (C=O) groups is 1. The monoisotopic (exact) mass is 399 g/mol. The lowest BCUT2D eigenvalue weighted by Crippen LogP contribution is -2.49. The molecule has 0 saturated carbocycles. The van der Waals surface area contributed by atoms with Crippen molar-refractivity contribution in [1.82, 2.24) is 10.0 Å². The van der Waals surface area contributed by atoms with Crippen molar-refractivity contribution in [2.24, 2.45) is 5.73 Å². The zero-order chi connectivity index (χ0) is 19.9. The van der Waals surface area contributed by atoms with E-state index < -0.39 is 22.0 Å². The number of hydrogen-bond donors (Lipinski definition) is 3. The number of rotatable bonds is 9. The van der Waals surface area contributed by atoms with Gasteiger partial charge in [-0.1, -0.05) is 19.8 Å². The van der Waals surface area contributed by atoms with Crippen LogP contribution in [0.2, 0.25) is 0 Å². The molecule has 1 amide bonds. The number of sulfonamides is 1. The van der Waals surface area contributed by atoms with Gasteiger partial charge in [0.1, 0.15) is 0 Å². The summed E-state index contributed by atoms with van der Waals surface area (Å²) in [5, 5.41) is 2.80. The minimum Gasteiger partial charge on any atom is -0.490 e. The molecular formula is C18H29N3O5S. The Hall–Kier alpha value is -1.84. The molecule has 0 saturated heterocycles. The third-order valence-electron chi connectivity index (χ3n) is 4.29. The van der Waals surface area contributed by atoms with Crippen LogP contribution in [0.4, 0.5) is 0 Å². The lowest BCUT2D eigenvalue weighted by molar-refractivity contribution is -0.123. The van der Waals surface area contributed by atoms with Gasteiger partial charge in [-0.3, -0.25) is 4.79 Å². The van der Waals surface area contributed by atoms with Crippen molar-refractivity contribution in [3.05, 3.63) is 18.2 Å². The van der Waals surface area contributed by atoms with Crippen molar-refractivity contribution in [2.45, 2.75) is 56.5 Å². The van der Waals surface area contributed by atoms with Gasteiger partial charge in [-0.25, -0.2) is 8.42 Å². The average molecular weight is 400 g/mol. The predicted molar refractivity (Wildman–Crippen MR) is 102 cm³/mol. The van der Waals surface area contributed by atoms with Crippen molar-refractivity contribution in [1.29, 1.82) is 0 Å². The summed E-state index contributed by atoms with van der Waals surface area (Å²) >= 11 is 0. The van der Waals surface area contributed by atoms with Crippen LogP contribution < -0.4 is 25.2 Å². The summed E-state index contributed by atoms with van der Waals surface area (Å²) in [6.07, 6.45) is 3.44. The average Bonchev–Trinajstić information content (AvgIpc) is 2.89. The van der Waals surface area contributed by atoms with Crippen LogP contribution in [0, 0.1) is 0 Å². The molecule has 4 N–H and O–H groups in total. The van der Waals surface area contributed by atoms with Gasteiger partial charge < -0.3 is 20.5 Å². The van der Waals surface area contributed by atoms with Crippen LogP contribution in [-0.2, 0) is 14.8 Å². The van der Waals surface area contributed by atoms with E-state index >= 15 is 0 Å². The summed E-state index contributed by atoms with van der Waals surface area (Å²) in [6.45, 7) is 4.86. The van der Waals surface area contributed by atoms with Crippen LogP contribution in [0.3, 0.4) is 0 Å². The van der Waals surface area contributed by atoms with Crippen LogP contribution in [0.15, 0.2) is 23.1 Å². The number of hydrogen-bond acceptors (Lipinski definition) is 6. The third kappa shape index (κ3) is 6.08. The fraction of sp³-hybridized carbons (Fsp3) is 0.611. The molecule has 1 aliphatic heterocycles. The molecule has 0 aromatic heterocycles. The molecule has 2 rings (SSSR count). The largest absolute Gasteiger partial charge is 0.490 e. The lowest BCUT2D eigenvalue weighted by atomic mass is 10.1. The molecule has 2 unspecified atom stereocenters. The van der Waals surface area contributed by atoms with Gasteiger partial charge >= 0.3 is 0 Å². The second kappa shape index (κ2) is 9.91. The molecule has 9 heteroatoms.